The van der Waals surface area contributed by atoms with Crippen LogP contribution in [0.25, 0.3) is 0 Å². The molecule has 1 N–H and O–H groups in total. The van der Waals surface area contributed by atoms with E-state index in [2.05, 4.69) is 8.51 Å². The Kier molecular flexibility index (Phi) is 3.56. The van der Waals surface area contributed by atoms with Gasteiger partial charge in [0.2, 0.25) is 9.05 Å². The topological polar surface area (TPSA) is 59.1 Å². The summed E-state index contributed by atoms with van der Waals surface area (Å²) in [6, 6.07) is 0. The summed E-state index contributed by atoms with van der Waals surface area (Å²) in [6.07, 6.45) is 0. The SMILES string of the molecule is O=S(=O)(Cl)Cc1csc(NI)n1. The Bertz CT molecular complexity index is 363. The molecule has 1 aromatic heterocycles. The maximum atomic E-state index is 10.6. The van der Waals surface area contributed by atoms with Crippen LogP contribution in [0.3, 0.4) is 0 Å². The molecule has 1 rings (SSSR count). The van der Waals surface area contributed by atoms with Gasteiger partial charge in [0.25, 0.3) is 0 Å². The molecular weight excluding hydrogens is 335 g/mol. The van der Waals surface area contributed by atoms with Gasteiger partial charge < -0.3 is 3.53 Å². The van der Waals surface area contributed by atoms with Crippen LogP contribution in [0.2, 0.25) is 0 Å². The highest BCUT2D eigenvalue weighted by Crippen LogP contribution is 2.19. The molecule has 0 aliphatic carbocycles. The summed E-state index contributed by atoms with van der Waals surface area (Å²) in [4.78, 5) is 3.95. The van der Waals surface area contributed by atoms with E-state index in [-0.39, 0.29) is 5.75 Å². The fourth-order valence-corrected chi connectivity index (χ4v) is 2.64. The molecule has 0 spiro atoms. The number of hydrogen-bond donors (Lipinski definition) is 1. The van der Waals surface area contributed by atoms with Crippen LogP contribution in [0.4, 0.5) is 5.13 Å². The minimum absolute atomic E-state index is 0.219. The van der Waals surface area contributed by atoms with Crippen LogP contribution in [0.1, 0.15) is 5.69 Å². The number of anilines is 1. The van der Waals surface area contributed by atoms with Crippen LogP contribution in [0.5, 0.6) is 0 Å². The lowest BCUT2D eigenvalue weighted by Crippen LogP contribution is -1.94. The summed E-state index contributed by atoms with van der Waals surface area (Å²) in [6.45, 7) is 0. The van der Waals surface area contributed by atoms with Gasteiger partial charge in [0.15, 0.2) is 5.13 Å². The van der Waals surface area contributed by atoms with Crippen molar-refractivity contribution in [3.8, 4) is 0 Å². The third-order valence-corrected chi connectivity index (χ3v) is 3.60. The highest BCUT2D eigenvalue weighted by molar-refractivity contribution is 14.1. The standard InChI is InChI=1S/C4H4ClIN2O2S2/c5-12(9,10)2-3-1-11-4(7-3)8-6/h1H,2H2,(H,7,8). The molecule has 0 fully saturated rings. The van der Waals surface area contributed by atoms with Crippen LogP contribution < -0.4 is 3.53 Å². The summed E-state index contributed by atoms with van der Waals surface area (Å²) in [5, 5.41) is 2.33. The number of rotatable bonds is 3. The zero-order valence-corrected chi connectivity index (χ0v) is 10.2. The number of nitrogens with zero attached hydrogens (tertiary/aromatic N) is 1. The van der Waals surface area contributed by atoms with E-state index in [0.717, 1.165) is 0 Å². The first kappa shape index (κ1) is 10.5. The van der Waals surface area contributed by atoms with E-state index in [4.69, 9.17) is 10.7 Å². The van der Waals surface area contributed by atoms with Gasteiger partial charge in [-0.05, 0) is 0 Å². The molecule has 0 bridgehead atoms. The second-order valence-electron chi connectivity index (χ2n) is 1.92. The van der Waals surface area contributed by atoms with E-state index >= 15 is 0 Å². The van der Waals surface area contributed by atoms with Crippen LogP contribution >= 0.6 is 44.9 Å². The third kappa shape index (κ3) is 3.42. The molecule has 0 amide bonds. The van der Waals surface area contributed by atoms with E-state index in [1.807, 2.05) is 22.9 Å². The zero-order chi connectivity index (χ0) is 9.19. The summed E-state index contributed by atoms with van der Waals surface area (Å²) >= 11 is 3.26. The molecule has 0 aliphatic heterocycles. The molecule has 0 saturated carbocycles. The highest BCUT2D eigenvalue weighted by atomic mass is 127. The molecule has 0 aromatic carbocycles. The van der Waals surface area contributed by atoms with Gasteiger partial charge in [-0.1, -0.05) is 0 Å². The first-order valence-electron chi connectivity index (χ1n) is 2.74. The quantitative estimate of drug-likeness (QED) is 0.520. The van der Waals surface area contributed by atoms with E-state index in [9.17, 15) is 8.42 Å². The average molecular weight is 339 g/mol. The molecule has 0 unspecified atom stereocenters. The molecule has 1 aromatic rings. The fourth-order valence-electron chi connectivity index (χ4n) is 0.593. The molecule has 0 aliphatic rings. The van der Waals surface area contributed by atoms with Crippen molar-refractivity contribution in [3.05, 3.63) is 11.1 Å². The van der Waals surface area contributed by atoms with Gasteiger partial charge in [-0.15, -0.1) is 11.3 Å². The lowest BCUT2D eigenvalue weighted by molar-refractivity contribution is 0.608. The molecule has 4 nitrogen and oxygen atoms in total. The predicted molar refractivity (Wildman–Crippen MR) is 58.2 cm³/mol. The number of halogens is 2. The van der Waals surface area contributed by atoms with Gasteiger partial charge in [0.05, 0.1) is 28.6 Å². The Morgan fingerprint density at radius 2 is 2.42 bits per heavy atom. The molecule has 0 saturated heterocycles. The van der Waals surface area contributed by atoms with Gasteiger partial charge >= 0.3 is 0 Å². The largest absolute Gasteiger partial charge is 0.304 e. The fraction of sp³-hybridized carbons (Fsp3) is 0.250. The van der Waals surface area contributed by atoms with Crippen LogP contribution in [0, 0.1) is 0 Å². The van der Waals surface area contributed by atoms with Crippen molar-refractivity contribution in [2.75, 3.05) is 3.53 Å². The Labute approximate surface area is 92.3 Å². The van der Waals surface area contributed by atoms with Crippen molar-refractivity contribution in [1.82, 2.24) is 4.98 Å². The maximum absolute atomic E-state index is 10.6. The molecule has 0 radical (unpaired) electrons. The van der Waals surface area contributed by atoms with Crippen molar-refractivity contribution in [3.63, 3.8) is 0 Å². The van der Waals surface area contributed by atoms with E-state index < -0.39 is 9.05 Å². The van der Waals surface area contributed by atoms with Crippen molar-refractivity contribution in [2.24, 2.45) is 0 Å². The van der Waals surface area contributed by atoms with Crippen molar-refractivity contribution in [2.45, 2.75) is 5.75 Å². The molecule has 68 valence electrons. The minimum Gasteiger partial charge on any atom is -0.304 e. The highest BCUT2D eigenvalue weighted by Gasteiger charge is 2.09. The first-order chi connectivity index (χ1) is 5.51. The molecule has 12 heavy (non-hydrogen) atoms. The lowest BCUT2D eigenvalue weighted by atomic mass is 10.6. The van der Waals surface area contributed by atoms with Gasteiger partial charge in [-0.3, -0.25) is 0 Å². The number of hydrogen-bond acceptors (Lipinski definition) is 5. The molecular formula is C4H4ClIN2O2S2. The Balaban J connectivity index is 2.78. The Morgan fingerprint density at radius 1 is 1.75 bits per heavy atom. The van der Waals surface area contributed by atoms with Crippen molar-refractivity contribution < 1.29 is 8.42 Å². The Morgan fingerprint density at radius 3 is 2.83 bits per heavy atom. The maximum Gasteiger partial charge on any atom is 0.238 e. The second kappa shape index (κ2) is 4.07. The number of nitrogens with one attached hydrogen (secondary N) is 1. The van der Waals surface area contributed by atoms with Crippen molar-refractivity contribution >= 4 is 59.1 Å². The number of thiazole rings is 1. The zero-order valence-electron chi connectivity index (χ0n) is 5.62. The minimum atomic E-state index is -3.49. The van der Waals surface area contributed by atoms with Gasteiger partial charge in [-0.2, -0.15) is 0 Å². The third-order valence-electron chi connectivity index (χ3n) is 0.953. The van der Waals surface area contributed by atoms with Gasteiger partial charge in [-0.25, -0.2) is 13.4 Å². The van der Waals surface area contributed by atoms with E-state index in [0.29, 0.717) is 10.8 Å². The summed E-state index contributed by atoms with van der Waals surface area (Å²) in [5.41, 5.74) is 0.467. The smallest absolute Gasteiger partial charge is 0.238 e. The normalized spacial score (nSPS) is 11.5. The summed E-state index contributed by atoms with van der Waals surface area (Å²) in [7, 11) is 1.55. The van der Waals surface area contributed by atoms with Gasteiger partial charge in [0.1, 0.15) is 5.75 Å². The molecule has 1 heterocycles. The second-order valence-corrected chi connectivity index (χ2v) is 6.10. The summed E-state index contributed by atoms with van der Waals surface area (Å²) in [5.74, 6) is -0.219. The van der Waals surface area contributed by atoms with Crippen molar-refractivity contribution in [1.29, 1.82) is 0 Å². The van der Waals surface area contributed by atoms with Gasteiger partial charge in [0, 0.05) is 16.1 Å². The predicted octanol–water partition coefficient (Wildman–Crippen LogP) is 1.97. The van der Waals surface area contributed by atoms with E-state index in [1.165, 1.54) is 11.3 Å². The lowest BCUT2D eigenvalue weighted by Gasteiger charge is -1.89. The number of aromatic nitrogens is 1. The summed E-state index contributed by atoms with van der Waals surface area (Å²) < 4.78 is 24.0. The molecule has 8 heteroatoms. The Hall–Kier alpha value is 0.400. The van der Waals surface area contributed by atoms with Crippen LogP contribution in [-0.2, 0) is 14.8 Å². The first-order valence-corrected chi connectivity index (χ1v) is 7.18. The molecule has 0 atom stereocenters. The monoisotopic (exact) mass is 338 g/mol. The van der Waals surface area contributed by atoms with Crippen LogP contribution in [-0.4, -0.2) is 13.4 Å². The van der Waals surface area contributed by atoms with E-state index in [1.54, 1.807) is 5.38 Å². The average Bonchev–Trinajstić information content (AvgIpc) is 2.32. The van der Waals surface area contributed by atoms with Crippen LogP contribution in [0.15, 0.2) is 5.38 Å².